The molecule has 2 aromatic carbocycles. The molecule has 0 heterocycles. The van der Waals surface area contributed by atoms with Gasteiger partial charge in [-0.05, 0) is 36.8 Å². The van der Waals surface area contributed by atoms with Crippen LogP contribution in [0, 0.1) is 0 Å². The molecule has 0 aliphatic rings. The fourth-order valence-corrected chi connectivity index (χ4v) is 3.67. The Morgan fingerprint density at radius 2 is 1.62 bits per heavy atom. The van der Waals surface area contributed by atoms with E-state index in [4.69, 9.17) is 0 Å². The molecule has 26 heavy (non-hydrogen) atoms. The van der Waals surface area contributed by atoms with Crippen LogP contribution in [0.4, 0.5) is 5.69 Å². The van der Waals surface area contributed by atoms with E-state index in [0.29, 0.717) is 5.69 Å². The van der Waals surface area contributed by atoms with Gasteiger partial charge >= 0.3 is 0 Å². The van der Waals surface area contributed by atoms with Crippen molar-refractivity contribution in [1.82, 2.24) is 5.32 Å². The maximum Gasteiger partial charge on any atom is 0.221 e. The normalized spacial score (nSPS) is 12.2. The molecule has 2 rings (SSSR count). The number of nitrogens with one attached hydrogen (secondary N) is 2. The van der Waals surface area contributed by atoms with Gasteiger partial charge in [-0.15, -0.1) is 0 Å². The predicted octanol–water partition coefficient (Wildman–Crippen LogP) is 2.69. The first-order valence-electron chi connectivity index (χ1n) is 8.22. The van der Waals surface area contributed by atoms with Crippen LogP contribution in [0.5, 0.6) is 0 Å². The first-order valence-corrected chi connectivity index (χ1v) is 9.88. The van der Waals surface area contributed by atoms with Crippen LogP contribution in [0.3, 0.4) is 0 Å². The highest BCUT2D eigenvalue weighted by atomic mass is 32.2. The van der Waals surface area contributed by atoms with Crippen molar-refractivity contribution in [2.75, 3.05) is 11.1 Å². The van der Waals surface area contributed by atoms with Gasteiger partial charge in [-0.2, -0.15) is 0 Å². The molecule has 0 fully saturated rings. The number of hydrogen-bond donors (Lipinski definition) is 2. The maximum atomic E-state index is 12.4. The molecule has 0 spiro atoms. The molecule has 6 nitrogen and oxygen atoms in total. The van der Waals surface area contributed by atoms with Gasteiger partial charge in [0.1, 0.15) is 0 Å². The van der Waals surface area contributed by atoms with Crippen LogP contribution < -0.4 is 10.6 Å². The summed E-state index contributed by atoms with van der Waals surface area (Å²) in [5.74, 6) is -0.829. The van der Waals surface area contributed by atoms with E-state index < -0.39 is 9.84 Å². The smallest absolute Gasteiger partial charge is 0.221 e. The number of anilines is 1. The van der Waals surface area contributed by atoms with Gasteiger partial charge in [-0.25, -0.2) is 8.42 Å². The fraction of sp³-hybridized carbons (Fsp3) is 0.263. The number of sulfone groups is 1. The molecule has 2 aromatic rings. The molecule has 138 valence electrons. The molecule has 1 atom stereocenters. The van der Waals surface area contributed by atoms with Gasteiger partial charge in [0.05, 0.1) is 16.7 Å². The lowest BCUT2D eigenvalue weighted by Crippen LogP contribution is -2.28. The highest BCUT2D eigenvalue weighted by molar-refractivity contribution is 7.91. The molecule has 0 aliphatic heterocycles. The van der Waals surface area contributed by atoms with Gasteiger partial charge in [0.2, 0.25) is 11.8 Å². The van der Waals surface area contributed by atoms with Crippen molar-refractivity contribution in [2.24, 2.45) is 0 Å². The molecule has 0 aliphatic carbocycles. The largest absolute Gasteiger partial charge is 0.350 e. The topological polar surface area (TPSA) is 92.3 Å². The van der Waals surface area contributed by atoms with Crippen molar-refractivity contribution in [3.05, 3.63) is 60.2 Å². The minimum absolute atomic E-state index is 0.118. The van der Waals surface area contributed by atoms with Crippen LogP contribution in [-0.4, -0.2) is 26.0 Å². The van der Waals surface area contributed by atoms with Crippen molar-refractivity contribution in [3.8, 4) is 0 Å². The predicted molar refractivity (Wildman–Crippen MR) is 100 cm³/mol. The number of rotatable bonds is 7. The van der Waals surface area contributed by atoms with Crippen LogP contribution >= 0.6 is 0 Å². The number of carbonyl (C=O) groups excluding carboxylic acids is 2. The minimum atomic E-state index is -3.57. The van der Waals surface area contributed by atoms with Crippen molar-refractivity contribution < 1.29 is 18.0 Å². The number of hydrogen-bond acceptors (Lipinski definition) is 4. The molecule has 0 saturated heterocycles. The zero-order valence-corrected chi connectivity index (χ0v) is 15.5. The Labute approximate surface area is 153 Å². The molecule has 1 unspecified atom stereocenters. The standard InChI is InChI=1S/C19H22N2O4S/c1-14(16-6-4-3-5-7-16)20-19(23)12-13-26(24,25)18-10-8-17(9-11-18)21-15(2)22/h3-11,14H,12-13H2,1-2H3,(H,20,23)(H,21,22). The van der Waals surface area contributed by atoms with Crippen LogP contribution in [0.15, 0.2) is 59.5 Å². The van der Waals surface area contributed by atoms with Gasteiger partial charge in [0.15, 0.2) is 9.84 Å². The maximum absolute atomic E-state index is 12.4. The summed E-state index contributed by atoms with van der Waals surface area (Å²) in [6.45, 7) is 3.22. The molecule has 0 radical (unpaired) electrons. The second-order valence-electron chi connectivity index (χ2n) is 5.97. The summed E-state index contributed by atoms with van der Waals surface area (Å²) in [4.78, 5) is 23.2. The Morgan fingerprint density at radius 3 is 2.19 bits per heavy atom. The fourth-order valence-electron chi connectivity index (χ4n) is 2.43. The first kappa shape index (κ1) is 19.7. The molecule has 0 saturated carbocycles. The highest BCUT2D eigenvalue weighted by Crippen LogP contribution is 2.17. The van der Waals surface area contributed by atoms with Gasteiger partial charge in [0, 0.05) is 19.0 Å². The highest BCUT2D eigenvalue weighted by Gasteiger charge is 2.17. The summed E-state index contributed by atoms with van der Waals surface area (Å²) in [5, 5.41) is 5.37. The van der Waals surface area contributed by atoms with Crippen LogP contribution in [0.2, 0.25) is 0 Å². The molecule has 0 aromatic heterocycles. The first-order chi connectivity index (χ1) is 12.3. The number of carbonyl (C=O) groups is 2. The Hall–Kier alpha value is -2.67. The quantitative estimate of drug-likeness (QED) is 0.779. The molecular weight excluding hydrogens is 352 g/mol. The van der Waals surface area contributed by atoms with E-state index in [2.05, 4.69) is 10.6 Å². The third-order valence-corrected chi connectivity index (χ3v) is 5.54. The molecule has 2 N–H and O–H groups in total. The van der Waals surface area contributed by atoms with E-state index in [9.17, 15) is 18.0 Å². The van der Waals surface area contributed by atoms with Crippen LogP contribution in [-0.2, 0) is 19.4 Å². The number of benzene rings is 2. The van der Waals surface area contributed by atoms with Crippen molar-refractivity contribution >= 4 is 27.3 Å². The summed E-state index contributed by atoms with van der Waals surface area (Å²) in [7, 11) is -3.57. The molecular formula is C19H22N2O4S. The van der Waals surface area contributed by atoms with Gasteiger partial charge < -0.3 is 10.6 Å². The second kappa shape index (κ2) is 8.62. The van der Waals surface area contributed by atoms with Gasteiger partial charge in [-0.3, -0.25) is 9.59 Å². The zero-order valence-electron chi connectivity index (χ0n) is 14.7. The Balaban J connectivity index is 1.92. The minimum Gasteiger partial charge on any atom is -0.350 e. The molecule has 2 amide bonds. The Morgan fingerprint density at radius 1 is 1.00 bits per heavy atom. The third kappa shape index (κ3) is 5.70. The van der Waals surface area contributed by atoms with E-state index in [0.717, 1.165) is 5.56 Å². The van der Waals surface area contributed by atoms with Gasteiger partial charge in [0.25, 0.3) is 0 Å². The summed E-state index contributed by atoms with van der Waals surface area (Å²) < 4.78 is 24.7. The monoisotopic (exact) mass is 374 g/mol. The van der Waals surface area contributed by atoms with E-state index in [1.165, 1.54) is 31.2 Å². The summed E-state index contributed by atoms with van der Waals surface area (Å²) in [6, 6.07) is 15.1. The van der Waals surface area contributed by atoms with Crippen molar-refractivity contribution in [3.63, 3.8) is 0 Å². The van der Waals surface area contributed by atoms with E-state index >= 15 is 0 Å². The van der Waals surface area contributed by atoms with Crippen molar-refractivity contribution in [2.45, 2.75) is 31.2 Å². The molecule has 7 heteroatoms. The second-order valence-corrected chi connectivity index (χ2v) is 8.08. The lowest BCUT2D eigenvalue weighted by Gasteiger charge is -2.14. The van der Waals surface area contributed by atoms with Crippen molar-refractivity contribution in [1.29, 1.82) is 0 Å². The summed E-state index contributed by atoms with van der Waals surface area (Å²) in [5.41, 5.74) is 1.48. The lowest BCUT2D eigenvalue weighted by atomic mass is 10.1. The summed E-state index contributed by atoms with van der Waals surface area (Å²) >= 11 is 0. The van der Waals surface area contributed by atoms with E-state index in [-0.39, 0.29) is 34.9 Å². The molecule has 0 bridgehead atoms. The zero-order chi connectivity index (χ0) is 19.2. The van der Waals surface area contributed by atoms with Crippen LogP contribution in [0.1, 0.15) is 31.9 Å². The SMILES string of the molecule is CC(=O)Nc1ccc(S(=O)(=O)CCC(=O)NC(C)c2ccccc2)cc1. The van der Waals surface area contributed by atoms with Gasteiger partial charge in [-0.1, -0.05) is 30.3 Å². The average Bonchev–Trinajstić information content (AvgIpc) is 2.61. The Kier molecular flexibility index (Phi) is 6.52. The lowest BCUT2D eigenvalue weighted by molar-refractivity contribution is -0.121. The van der Waals surface area contributed by atoms with E-state index in [1.807, 2.05) is 37.3 Å². The number of amides is 2. The van der Waals surface area contributed by atoms with Crippen LogP contribution in [0.25, 0.3) is 0 Å². The summed E-state index contributed by atoms with van der Waals surface area (Å²) in [6.07, 6.45) is -0.118. The van der Waals surface area contributed by atoms with E-state index in [1.54, 1.807) is 0 Å². The third-order valence-electron chi connectivity index (χ3n) is 3.81. The Bertz CT molecular complexity index is 862. The average molecular weight is 374 g/mol.